The number of hydrogen-bond acceptors (Lipinski definition) is 4. The molecular formula is C13H18N4O. The number of rotatable bonds is 3. The maximum atomic E-state index is 5.57. The van der Waals surface area contributed by atoms with Crippen LogP contribution in [0.3, 0.4) is 0 Å². The summed E-state index contributed by atoms with van der Waals surface area (Å²) < 4.78 is 7.07. The summed E-state index contributed by atoms with van der Waals surface area (Å²) in [6.07, 6.45) is 0. The molecule has 0 atom stereocenters. The Morgan fingerprint density at radius 2 is 2.00 bits per heavy atom. The van der Waals surface area contributed by atoms with E-state index in [1.165, 1.54) is 0 Å². The molecule has 2 rings (SSSR count). The predicted molar refractivity (Wildman–Crippen MR) is 70.4 cm³/mol. The number of methoxy groups -OCH3 is 1. The van der Waals surface area contributed by atoms with E-state index >= 15 is 0 Å². The summed E-state index contributed by atoms with van der Waals surface area (Å²) in [6, 6.07) is 4.08. The molecule has 0 unspecified atom stereocenters. The topological polar surface area (TPSA) is 66.0 Å². The van der Waals surface area contributed by atoms with Gasteiger partial charge in [-0.15, -0.1) is 0 Å². The molecule has 0 aliphatic rings. The highest BCUT2D eigenvalue weighted by Crippen LogP contribution is 2.28. The second-order valence-corrected chi connectivity index (χ2v) is 4.32. The third-order valence-corrected chi connectivity index (χ3v) is 2.97. The molecule has 1 aromatic carbocycles. The quantitative estimate of drug-likeness (QED) is 0.892. The molecular weight excluding hydrogens is 228 g/mol. The van der Waals surface area contributed by atoms with Gasteiger partial charge in [-0.3, -0.25) is 0 Å². The van der Waals surface area contributed by atoms with Crippen LogP contribution in [0.5, 0.6) is 5.75 Å². The largest absolute Gasteiger partial charge is 0.496 e. The number of benzene rings is 1. The van der Waals surface area contributed by atoms with Crippen molar-refractivity contribution in [3.63, 3.8) is 0 Å². The number of aromatic nitrogens is 3. The van der Waals surface area contributed by atoms with Crippen molar-refractivity contribution >= 4 is 0 Å². The lowest BCUT2D eigenvalue weighted by molar-refractivity contribution is 0.411. The molecule has 2 aromatic rings. The minimum Gasteiger partial charge on any atom is -0.496 e. The molecule has 0 saturated heterocycles. The highest BCUT2D eigenvalue weighted by Gasteiger charge is 2.13. The zero-order valence-electron chi connectivity index (χ0n) is 11.2. The Kier molecular flexibility index (Phi) is 3.34. The fraction of sp³-hybridized carbons (Fsp3) is 0.385. The summed E-state index contributed by atoms with van der Waals surface area (Å²) in [4.78, 5) is 4.44. The lowest BCUT2D eigenvalue weighted by Gasteiger charge is -2.10. The van der Waals surface area contributed by atoms with Gasteiger partial charge in [0.15, 0.2) is 11.6 Å². The van der Waals surface area contributed by atoms with Crippen LogP contribution in [0.2, 0.25) is 0 Å². The van der Waals surface area contributed by atoms with Crippen LogP contribution < -0.4 is 10.5 Å². The number of aryl methyl sites for hydroxylation is 3. The monoisotopic (exact) mass is 246 g/mol. The van der Waals surface area contributed by atoms with E-state index in [-0.39, 0.29) is 0 Å². The van der Waals surface area contributed by atoms with Gasteiger partial charge in [-0.05, 0) is 37.1 Å². The summed E-state index contributed by atoms with van der Waals surface area (Å²) in [6.45, 7) is 4.40. The summed E-state index contributed by atoms with van der Waals surface area (Å²) in [5.74, 6) is 2.37. The molecule has 0 saturated carbocycles. The van der Waals surface area contributed by atoms with Crippen molar-refractivity contribution in [3.8, 4) is 17.1 Å². The second kappa shape index (κ2) is 4.78. The zero-order chi connectivity index (χ0) is 13.3. The molecule has 0 aliphatic carbocycles. The highest BCUT2D eigenvalue weighted by molar-refractivity contribution is 5.63. The van der Waals surface area contributed by atoms with E-state index in [4.69, 9.17) is 10.5 Å². The average molecular weight is 246 g/mol. The van der Waals surface area contributed by atoms with Crippen molar-refractivity contribution in [2.45, 2.75) is 20.4 Å². The Hall–Kier alpha value is -1.88. The molecule has 1 aromatic heterocycles. The van der Waals surface area contributed by atoms with Crippen LogP contribution in [-0.2, 0) is 13.6 Å². The van der Waals surface area contributed by atoms with Crippen molar-refractivity contribution in [2.24, 2.45) is 12.8 Å². The Bertz CT molecular complexity index is 575. The van der Waals surface area contributed by atoms with Crippen LogP contribution in [-0.4, -0.2) is 21.9 Å². The minimum absolute atomic E-state index is 0.349. The maximum absolute atomic E-state index is 5.57. The van der Waals surface area contributed by atoms with Crippen molar-refractivity contribution in [3.05, 3.63) is 29.1 Å². The average Bonchev–Trinajstić information content (AvgIpc) is 2.73. The van der Waals surface area contributed by atoms with Gasteiger partial charge >= 0.3 is 0 Å². The molecule has 0 bridgehead atoms. The number of nitrogens with two attached hydrogens (primary N) is 1. The molecule has 0 fully saturated rings. The maximum Gasteiger partial charge on any atom is 0.164 e. The Labute approximate surface area is 107 Å². The summed E-state index contributed by atoms with van der Waals surface area (Å²) >= 11 is 0. The first kappa shape index (κ1) is 12.6. The van der Waals surface area contributed by atoms with Crippen LogP contribution in [0.15, 0.2) is 12.1 Å². The van der Waals surface area contributed by atoms with Crippen molar-refractivity contribution in [1.82, 2.24) is 14.8 Å². The predicted octanol–water partition coefficient (Wildman–Crippen LogP) is 1.57. The summed E-state index contributed by atoms with van der Waals surface area (Å²) in [5, 5.41) is 4.27. The van der Waals surface area contributed by atoms with Crippen LogP contribution in [0, 0.1) is 13.8 Å². The minimum atomic E-state index is 0.349. The van der Waals surface area contributed by atoms with Gasteiger partial charge < -0.3 is 10.5 Å². The van der Waals surface area contributed by atoms with Gasteiger partial charge in [-0.1, -0.05) is 0 Å². The Morgan fingerprint density at radius 3 is 2.56 bits per heavy atom. The number of hydrogen-bond donors (Lipinski definition) is 1. The third kappa shape index (κ3) is 2.09. The summed E-state index contributed by atoms with van der Waals surface area (Å²) in [7, 11) is 3.55. The van der Waals surface area contributed by atoms with Gasteiger partial charge in [0, 0.05) is 12.6 Å². The lowest BCUT2D eigenvalue weighted by Crippen LogP contribution is -1.99. The van der Waals surface area contributed by atoms with E-state index < -0.39 is 0 Å². The molecule has 1 heterocycles. The van der Waals surface area contributed by atoms with Gasteiger partial charge in [0.05, 0.1) is 13.7 Å². The second-order valence-electron chi connectivity index (χ2n) is 4.32. The first-order valence-corrected chi connectivity index (χ1v) is 5.82. The molecule has 96 valence electrons. The lowest BCUT2D eigenvalue weighted by atomic mass is 10.0. The Morgan fingerprint density at radius 1 is 1.28 bits per heavy atom. The molecule has 0 amide bonds. The number of ether oxygens (including phenoxy) is 1. The highest BCUT2D eigenvalue weighted by atomic mass is 16.5. The molecule has 0 radical (unpaired) electrons. The molecule has 5 heteroatoms. The van der Waals surface area contributed by atoms with Crippen molar-refractivity contribution in [2.75, 3.05) is 7.11 Å². The SMILES string of the molecule is COc1cc(C)c(-c2nc(CN)nn2C)cc1C. The van der Waals surface area contributed by atoms with Gasteiger partial charge in [0.1, 0.15) is 5.75 Å². The van der Waals surface area contributed by atoms with Gasteiger partial charge in [-0.2, -0.15) is 5.10 Å². The van der Waals surface area contributed by atoms with Gasteiger partial charge in [0.2, 0.25) is 0 Å². The van der Waals surface area contributed by atoms with E-state index in [1.807, 2.05) is 27.0 Å². The fourth-order valence-corrected chi connectivity index (χ4v) is 2.01. The molecule has 5 nitrogen and oxygen atoms in total. The smallest absolute Gasteiger partial charge is 0.164 e. The summed E-state index contributed by atoms with van der Waals surface area (Å²) in [5.41, 5.74) is 8.81. The first-order valence-electron chi connectivity index (χ1n) is 5.82. The molecule has 0 aliphatic heterocycles. The normalized spacial score (nSPS) is 10.7. The van der Waals surface area contributed by atoms with E-state index in [2.05, 4.69) is 16.1 Å². The Balaban J connectivity index is 2.56. The zero-order valence-corrected chi connectivity index (χ0v) is 11.2. The molecule has 18 heavy (non-hydrogen) atoms. The molecule has 0 spiro atoms. The standard InChI is InChI=1S/C13H18N4O/c1-8-6-11(18-4)9(2)5-10(8)13-15-12(7-14)16-17(13)3/h5-6H,7,14H2,1-4H3. The van der Waals surface area contributed by atoms with Gasteiger partial charge in [0.25, 0.3) is 0 Å². The van der Waals surface area contributed by atoms with E-state index in [0.717, 1.165) is 28.3 Å². The molecule has 2 N–H and O–H groups in total. The van der Waals surface area contributed by atoms with Gasteiger partial charge in [-0.25, -0.2) is 9.67 Å². The fourth-order valence-electron chi connectivity index (χ4n) is 2.01. The van der Waals surface area contributed by atoms with Crippen LogP contribution in [0.1, 0.15) is 17.0 Å². The van der Waals surface area contributed by atoms with E-state index in [0.29, 0.717) is 12.4 Å². The van der Waals surface area contributed by atoms with Crippen LogP contribution in [0.25, 0.3) is 11.4 Å². The van der Waals surface area contributed by atoms with Crippen molar-refractivity contribution in [1.29, 1.82) is 0 Å². The number of nitrogens with zero attached hydrogens (tertiary/aromatic N) is 3. The van der Waals surface area contributed by atoms with E-state index in [9.17, 15) is 0 Å². The van der Waals surface area contributed by atoms with Crippen molar-refractivity contribution < 1.29 is 4.74 Å². The van der Waals surface area contributed by atoms with Crippen LogP contribution >= 0.6 is 0 Å². The third-order valence-electron chi connectivity index (χ3n) is 2.97. The first-order chi connectivity index (χ1) is 8.56. The van der Waals surface area contributed by atoms with Crippen LogP contribution in [0.4, 0.5) is 0 Å². The van der Waals surface area contributed by atoms with E-state index in [1.54, 1.807) is 11.8 Å².